The highest BCUT2D eigenvalue weighted by atomic mass is 32.2. The summed E-state index contributed by atoms with van der Waals surface area (Å²) in [4.78, 5) is 14.9. The Bertz CT molecular complexity index is 1320. The number of rotatable bonds is 8. The zero-order chi connectivity index (χ0) is 25.1. The Morgan fingerprint density at radius 1 is 1.06 bits per heavy atom. The first-order chi connectivity index (χ1) is 16.8. The zero-order valence-corrected chi connectivity index (χ0v) is 21.2. The van der Waals surface area contributed by atoms with E-state index in [1.807, 2.05) is 79.3 Å². The summed E-state index contributed by atoms with van der Waals surface area (Å²) in [7, 11) is 3.91. The lowest BCUT2D eigenvalue weighted by molar-refractivity contribution is -0.113. The molecule has 0 saturated carbocycles. The number of para-hydroxylation sites is 1. The van der Waals surface area contributed by atoms with Gasteiger partial charge < -0.3 is 5.32 Å². The molecule has 1 N–H and O–H groups in total. The van der Waals surface area contributed by atoms with Gasteiger partial charge in [0, 0.05) is 5.69 Å². The van der Waals surface area contributed by atoms with Crippen molar-refractivity contribution in [1.29, 1.82) is 0 Å². The molecule has 4 aromatic rings. The molecular formula is C25H28FN7OS. The number of aryl methyl sites for hydroxylation is 1. The molecule has 2 aromatic carbocycles. The number of amides is 1. The van der Waals surface area contributed by atoms with Crippen molar-refractivity contribution < 1.29 is 9.18 Å². The van der Waals surface area contributed by atoms with Crippen LogP contribution < -0.4 is 5.32 Å². The quantitative estimate of drug-likeness (QED) is 0.363. The Morgan fingerprint density at radius 2 is 1.74 bits per heavy atom. The standard InChI is InChI=1S/C25H28FN7OS/c1-16-23(17(2)33(30-16)21-9-7-6-8-10-21)27-22(34)15-35-25-29-28-24(18(3)31(4)5)32(25)20-13-11-19(26)12-14-20/h6-14,18H,15H2,1-5H3,(H,27,34)/t18-/m1/s1. The maximum absolute atomic E-state index is 13.5. The van der Waals surface area contributed by atoms with Crippen molar-refractivity contribution >= 4 is 23.4 Å². The van der Waals surface area contributed by atoms with Crippen LogP contribution >= 0.6 is 11.8 Å². The number of thioether (sulfide) groups is 1. The maximum Gasteiger partial charge on any atom is 0.234 e. The largest absolute Gasteiger partial charge is 0.322 e. The molecule has 10 heteroatoms. The molecular weight excluding hydrogens is 465 g/mol. The summed E-state index contributed by atoms with van der Waals surface area (Å²) in [5, 5.41) is 16.8. The van der Waals surface area contributed by atoms with Crippen LogP contribution in [0.2, 0.25) is 0 Å². The summed E-state index contributed by atoms with van der Waals surface area (Å²) in [5.74, 6) is 0.342. The third-order valence-corrected chi connectivity index (χ3v) is 6.71. The second-order valence-electron chi connectivity index (χ2n) is 8.42. The van der Waals surface area contributed by atoms with Gasteiger partial charge in [-0.2, -0.15) is 5.10 Å². The van der Waals surface area contributed by atoms with Crippen LogP contribution in [0.5, 0.6) is 0 Å². The second-order valence-corrected chi connectivity index (χ2v) is 9.36. The van der Waals surface area contributed by atoms with Gasteiger partial charge >= 0.3 is 0 Å². The van der Waals surface area contributed by atoms with E-state index in [4.69, 9.17) is 0 Å². The van der Waals surface area contributed by atoms with Gasteiger partial charge in [-0.05, 0) is 71.3 Å². The summed E-state index contributed by atoms with van der Waals surface area (Å²) < 4.78 is 17.2. The van der Waals surface area contributed by atoms with Crippen molar-refractivity contribution in [3.05, 3.63) is 77.6 Å². The molecule has 0 spiro atoms. The molecule has 0 bridgehead atoms. The Balaban J connectivity index is 1.54. The van der Waals surface area contributed by atoms with Crippen LogP contribution in [0, 0.1) is 19.7 Å². The van der Waals surface area contributed by atoms with Crippen LogP contribution in [-0.2, 0) is 4.79 Å². The van der Waals surface area contributed by atoms with Crippen molar-refractivity contribution in [2.24, 2.45) is 0 Å². The molecule has 4 rings (SSSR count). The third kappa shape index (κ3) is 5.28. The highest BCUT2D eigenvalue weighted by molar-refractivity contribution is 7.99. The van der Waals surface area contributed by atoms with Crippen molar-refractivity contribution in [3.63, 3.8) is 0 Å². The van der Waals surface area contributed by atoms with Crippen molar-refractivity contribution in [2.75, 3.05) is 25.2 Å². The molecule has 0 unspecified atom stereocenters. The monoisotopic (exact) mass is 493 g/mol. The Kier molecular flexibility index (Phi) is 7.32. The molecule has 0 saturated heterocycles. The minimum absolute atomic E-state index is 0.0372. The van der Waals surface area contributed by atoms with Gasteiger partial charge in [0.1, 0.15) is 5.82 Å². The smallest absolute Gasteiger partial charge is 0.234 e. The molecule has 0 aliphatic rings. The molecule has 2 heterocycles. The molecule has 0 fully saturated rings. The van der Waals surface area contributed by atoms with E-state index in [1.165, 1.54) is 23.9 Å². The lowest BCUT2D eigenvalue weighted by Crippen LogP contribution is -2.21. The number of benzene rings is 2. The highest BCUT2D eigenvalue weighted by Crippen LogP contribution is 2.28. The van der Waals surface area contributed by atoms with Gasteiger partial charge in [-0.25, -0.2) is 9.07 Å². The third-order valence-electron chi connectivity index (χ3n) is 5.78. The van der Waals surface area contributed by atoms with Gasteiger partial charge in [0.15, 0.2) is 11.0 Å². The van der Waals surface area contributed by atoms with Crippen molar-refractivity contribution in [2.45, 2.75) is 32.0 Å². The summed E-state index contributed by atoms with van der Waals surface area (Å²) in [6.45, 7) is 5.81. The predicted molar refractivity (Wildman–Crippen MR) is 136 cm³/mol. The first-order valence-corrected chi connectivity index (χ1v) is 12.2. The number of nitrogens with zero attached hydrogens (tertiary/aromatic N) is 6. The average Bonchev–Trinajstić information content (AvgIpc) is 3.39. The van der Waals surface area contributed by atoms with Crippen molar-refractivity contribution in [1.82, 2.24) is 29.4 Å². The number of nitrogens with one attached hydrogen (secondary N) is 1. The van der Waals surface area contributed by atoms with Crippen LogP contribution in [0.3, 0.4) is 0 Å². The molecule has 0 aliphatic heterocycles. The molecule has 8 nitrogen and oxygen atoms in total. The van der Waals surface area contributed by atoms with Crippen LogP contribution in [-0.4, -0.2) is 55.2 Å². The fourth-order valence-corrected chi connectivity index (χ4v) is 4.42. The number of anilines is 1. The van der Waals surface area contributed by atoms with Gasteiger partial charge in [-0.1, -0.05) is 30.0 Å². The molecule has 0 radical (unpaired) electrons. The molecule has 0 aliphatic carbocycles. The molecule has 2 aromatic heterocycles. The summed E-state index contributed by atoms with van der Waals surface area (Å²) >= 11 is 1.28. The Labute approximate surface area is 208 Å². The van der Waals surface area contributed by atoms with Crippen LogP contribution in [0.1, 0.15) is 30.2 Å². The zero-order valence-electron chi connectivity index (χ0n) is 20.4. The van der Waals surface area contributed by atoms with E-state index in [1.54, 1.807) is 12.1 Å². The summed E-state index contributed by atoms with van der Waals surface area (Å²) in [6, 6.07) is 15.9. The van der Waals surface area contributed by atoms with E-state index in [2.05, 4.69) is 20.6 Å². The van der Waals surface area contributed by atoms with E-state index in [0.717, 1.165) is 22.8 Å². The normalized spacial score (nSPS) is 12.2. The fraction of sp³-hybridized carbons (Fsp3) is 0.280. The topological polar surface area (TPSA) is 80.9 Å². The molecule has 35 heavy (non-hydrogen) atoms. The number of carbonyl (C=O) groups excluding carboxylic acids is 1. The molecule has 1 amide bonds. The summed E-state index contributed by atoms with van der Waals surface area (Å²) in [6.07, 6.45) is 0. The predicted octanol–water partition coefficient (Wildman–Crippen LogP) is 4.56. The number of halogens is 1. The van der Waals surface area contributed by atoms with E-state index in [9.17, 15) is 9.18 Å². The molecule has 182 valence electrons. The number of hydrogen-bond donors (Lipinski definition) is 1. The van der Waals surface area contributed by atoms with Gasteiger partial charge in [0.05, 0.1) is 34.6 Å². The van der Waals surface area contributed by atoms with E-state index in [0.29, 0.717) is 16.7 Å². The lowest BCUT2D eigenvalue weighted by Gasteiger charge is -2.20. The lowest BCUT2D eigenvalue weighted by atomic mass is 10.2. The fourth-order valence-electron chi connectivity index (χ4n) is 3.66. The van der Waals surface area contributed by atoms with Gasteiger partial charge in [-0.3, -0.25) is 14.3 Å². The van der Waals surface area contributed by atoms with E-state index >= 15 is 0 Å². The minimum Gasteiger partial charge on any atom is -0.322 e. The first-order valence-electron chi connectivity index (χ1n) is 11.2. The van der Waals surface area contributed by atoms with Crippen LogP contribution in [0.25, 0.3) is 11.4 Å². The van der Waals surface area contributed by atoms with E-state index < -0.39 is 0 Å². The van der Waals surface area contributed by atoms with Gasteiger partial charge in [0.2, 0.25) is 5.91 Å². The highest BCUT2D eigenvalue weighted by Gasteiger charge is 2.22. The Morgan fingerprint density at radius 3 is 2.40 bits per heavy atom. The Hall–Kier alpha value is -3.50. The summed E-state index contributed by atoms with van der Waals surface area (Å²) in [5.41, 5.74) is 3.95. The van der Waals surface area contributed by atoms with Crippen molar-refractivity contribution in [3.8, 4) is 11.4 Å². The van der Waals surface area contributed by atoms with Gasteiger partial charge in [-0.15, -0.1) is 10.2 Å². The minimum atomic E-state index is -0.320. The van der Waals surface area contributed by atoms with E-state index in [-0.39, 0.29) is 23.5 Å². The first kappa shape index (κ1) is 24.6. The number of hydrogen-bond acceptors (Lipinski definition) is 6. The number of carbonyl (C=O) groups is 1. The SMILES string of the molecule is Cc1nn(-c2ccccc2)c(C)c1NC(=O)CSc1nnc([C@@H](C)N(C)C)n1-c1ccc(F)cc1. The molecule has 1 atom stereocenters. The van der Waals surface area contributed by atoms with Gasteiger partial charge in [0.25, 0.3) is 0 Å². The average molecular weight is 494 g/mol. The number of aromatic nitrogens is 5. The maximum atomic E-state index is 13.5. The van der Waals surface area contributed by atoms with Crippen LogP contribution in [0.4, 0.5) is 10.1 Å². The second kappa shape index (κ2) is 10.4. The van der Waals surface area contributed by atoms with Crippen LogP contribution in [0.15, 0.2) is 59.8 Å².